The first kappa shape index (κ1) is 16.2. The first-order chi connectivity index (χ1) is 9.49. The SMILES string of the molecule is CCC(C)CNc1ccc(N(O)CCO)c([N+](=O)[O-])c1. The number of aliphatic hydroxyl groups excluding tert-OH is 1. The van der Waals surface area contributed by atoms with Crippen molar-refractivity contribution in [2.75, 3.05) is 30.1 Å². The molecule has 0 aliphatic rings. The minimum absolute atomic E-state index is 0.0677. The van der Waals surface area contributed by atoms with Gasteiger partial charge in [0.2, 0.25) is 0 Å². The number of nitrogens with one attached hydrogen (secondary N) is 1. The van der Waals surface area contributed by atoms with Crippen LogP contribution in [-0.2, 0) is 0 Å². The van der Waals surface area contributed by atoms with E-state index >= 15 is 0 Å². The number of anilines is 2. The first-order valence-electron chi connectivity index (χ1n) is 6.59. The van der Waals surface area contributed by atoms with Crippen molar-refractivity contribution < 1.29 is 15.2 Å². The fraction of sp³-hybridized carbons (Fsp3) is 0.538. The topological polar surface area (TPSA) is 98.9 Å². The quantitative estimate of drug-likeness (QED) is 0.500. The number of hydroxylamine groups is 1. The molecule has 20 heavy (non-hydrogen) atoms. The van der Waals surface area contributed by atoms with Crippen LogP contribution < -0.4 is 10.4 Å². The molecule has 1 unspecified atom stereocenters. The second-order valence-corrected chi connectivity index (χ2v) is 4.70. The smallest absolute Gasteiger partial charge is 0.296 e. The van der Waals surface area contributed by atoms with Crippen molar-refractivity contribution in [3.05, 3.63) is 28.3 Å². The summed E-state index contributed by atoms with van der Waals surface area (Å²) in [6, 6.07) is 4.52. The third-order valence-electron chi connectivity index (χ3n) is 3.11. The van der Waals surface area contributed by atoms with Gasteiger partial charge in [0.15, 0.2) is 0 Å². The van der Waals surface area contributed by atoms with Crippen molar-refractivity contribution in [1.29, 1.82) is 0 Å². The van der Waals surface area contributed by atoms with Gasteiger partial charge in [0, 0.05) is 18.3 Å². The van der Waals surface area contributed by atoms with E-state index in [2.05, 4.69) is 19.2 Å². The summed E-state index contributed by atoms with van der Waals surface area (Å²) in [4.78, 5) is 10.5. The third-order valence-corrected chi connectivity index (χ3v) is 3.11. The van der Waals surface area contributed by atoms with Crippen molar-refractivity contribution in [3.8, 4) is 0 Å². The Morgan fingerprint density at radius 1 is 1.50 bits per heavy atom. The van der Waals surface area contributed by atoms with E-state index in [0.29, 0.717) is 16.7 Å². The molecule has 3 N–H and O–H groups in total. The van der Waals surface area contributed by atoms with Crippen molar-refractivity contribution in [3.63, 3.8) is 0 Å². The summed E-state index contributed by atoms with van der Waals surface area (Å²) in [6.07, 6.45) is 1.02. The fourth-order valence-electron chi connectivity index (χ4n) is 1.65. The van der Waals surface area contributed by atoms with Crippen LogP contribution in [0.4, 0.5) is 17.1 Å². The number of nitro groups is 1. The number of benzene rings is 1. The second-order valence-electron chi connectivity index (χ2n) is 4.70. The highest BCUT2D eigenvalue weighted by Crippen LogP contribution is 2.30. The van der Waals surface area contributed by atoms with E-state index in [-0.39, 0.29) is 24.5 Å². The Morgan fingerprint density at radius 3 is 2.75 bits per heavy atom. The van der Waals surface area contributed by atoms with Gasteiger partial charge in [0.25, 0.3) is 5.69 Å². The molecule has 1 aromatic rings. The van der Waals surface area contributed by atoms with Crippen LogP contribution in [0.15, 0.2) is 18.2 Å². The van der Waals surface area contributed by atoms with Crippen LogP contribution in [0.3, 0.4) is 0 Å². The minimum Gasteiger partial charge on any atom is -0.394 e. The molecule has 0 spiro atoms. The summed E-state index contributed by atoms with van der Waals surface area (Å²) in [5.41, 5.74) is 0.506. The molecule has 0 saturated heterocycles. The third kappa shape index (κ3) is 4.36. The molecule has 0 heterocycles. The molecule has 112 valence electrons. The van der Waals surface area contributed by atoms with Gasteiger partial charge in [-0.25, -0.2) is 5.06 Å². The van der Waals surface area contributed by atoms with Gasteiger partial charge in [0.1, 0.15) is 5.69 Å². The molecular weight excluding hydrogens is 262 g/mol. The summed E-state index contributed by atoms with van der Waals surface area (Å²) in [7, 11) is 0. The molecule has 7 nitrogen and oxygen atoms in total. The van der Waals surface area contributed by atoms with Gasteiger partial charge in [0.05, 0.1) is 18.1 Å². The lowest BCUT2D eigenvalue weighted by Gasteiger charge is -2.17. The molecule has 1 rings (SSSR count). The molecule has 0 amide bonds. The van der Waals surface area contributed by atoms with Crippen molar-refractivity contribution >= 4 is 17.1 Å². The Morgan fingerprint density at radius 2 is 2.20 bits per heavy atom. The average Bonchev–Trinajstić information content (AvgIpc) is 2.44. The summed E-state index contributed by atoms with van der Waals surface area (Å²) in [5, 5.41) is 33.3. The molecule has 0 aromatic heterocycles. The molecule has 0 aliphatic heterocycles. The maximum Gasteiger partial charge on any atom is 0.296 e. The minimum atomic E-state index is -0.551. The van der Waals surface area contributed by atoms with E-state index in [9.17, 15) is 15.3 Å². The van der Waals surface area contributed by atoms with E-state index in [4.69, 9.17) is 5.11 Å². The summed E-state index contributed by atoms with van der Waals surface area (Å²) in [6.45, 7) is 4.53. The first-order valence-corrected chi connectivity index (χ1v) is 6.59. The molecule has 0 fully saturated rings. The van der Waals surface area contributed by atoms with Crippen molar-refractivity contribution in [2.24, 2.45) is 5.92 Å². The number of hydrogen-bond donors (Lipinski definition) is 3. The van der Waals surface area contributed by atoms with Crippen LogP contribution in [0.5, 0.6) is 0 Å². The zero-order valence-electron chi connectivity index (χ0n) is 11.7. The molecule has 0 bridgehead atoms. The van der Waals surface area contributed by atoms with Crippen LogP contribution in [0.1, 0.15) is 20.3 Å². The highest BCUT2D eigenvalue weighted by Gasteiger charge is 2.19. The molecule has 0 saturated carbocycles. The maximum atomic E-state index is 11.1. The van der Waals surface area contributed by atoms with Crippen molar-refractivity contribution in [1.82, 2.24) is 0 Å². The number of rotatable bonds is 8. The standard InChI is InChI=1S/C13H21N3O4/c1-3-10(2)9-14-11-4-5-12(15(18)6-7-17)13(8-11)16(19)20/h4-5,8,10,14,17-18H,3,6-7,9H2,1-2H3. The van der Waals surface area contributed by atoms with Gasteiger partial charge in [-0.3, -0.25) is 15.3 Å². The Kier molecular flexibility index (Phi) is 6.20. The van der Waals surface area contributed by atoms with Crippen LogP contribution in [0, 0.1) is 16.0 Å². The predicted octanol–water partition coefficient (Wildman–Crippen LogP) is 2.24. The largest absolute Gasteiger partial charge is 0.394 e. The highest BCUT2D eigenvalue weighted by atomic mass is 16.6. The van der Waals surface area contributed by atoms with E-state index in [1.165, 1.54) is 12.1 Å². The van der Waals surface area contributed by atoms with Gasteiger partial charge in [-0.15, -0.1) is 0 Å². The Balaban J connectivity index is 2.92. The second kappa shape index (κ2) is 7.66. The van der Waals surface area contributed by atoms with Gasteiger partial charge in [-0.1, -0.05) is 20.3 Å². The number of aliphatic hydroxyl groups is 1. The van der Waals surface area contributed by atoms with E-state index in [0.717, 1.165) is 13.0 Å². The summed E-state index contributed by atoms with van der Waals surface area (Å²) >= 11 is 0. The van der Waals surface area contributed by atoms with Gasteiger partial charge < -0.3 is 10.4 Å². The maximum absolute atomic E-state index is 11.1. The van der Waals surface area contributed by atoms with Crippen LogP contribution in [-0.4, -0.2) is 34.9 Å². The summed E-state index contributed by atoms with van der Waals surface area (Å²) in [5.74, 6) is 0.470. The Labute approximate surface area is 117 Å². The fourth-order valence-corrected chi connectivity index (χ4v) is 1.65. The van der Waals surface area contributed by atoms with Crippen molar-refractivity contribution in [2.45, 2.75) is 20.3 Å². The van der Waals surface area contributed by atoms with E-state index in [1.807, 2.05) is 0 Å². The predicted molar refractivity (Wildman–Crippen MR) is 77.3 cm³/mol. The summed E-state index contributed by atoms with van der Waals surface area (Å²) < 4.78 is 0. The molecule has 1 atom stereocenters. The molecule has 7 heteroatoms. The average molecular weight is 283 g/mol. The highest BCUT2D eigenvalue weighted by molar-refractivity contribution is 5.68. The molecule has 0 radical (unpaired) electrons. The van der Waals surface area contributed by atoms with Gasteiger partial charge in [-0.05, 0) is 18.1 Å². The van der Waals surface area contributed by atoms with Crippen LogP contribution >= 0.6 is 0 Å². The number of nitrogens with zero attached hydrogens (tertiary/aromatic N) is 2. The number of nitro benzene ring substituents is 1. The van der Waals surface area contributed by atoms with Gasteiger partial charge >= 0.3 is 0 Å². The van der Waals surface area contributed by atoms with Crippen LogP contribution in [0.2, 0.25) is 0 Å². The Hall–Kier alpha value is -1.86. The van der Waals surface area contributed by atoms with Crippen LogP contribution in [0.25, 0.3) is 0 Å². The van der Waals surface area contributed by atoms with E-state index < -0.39 is 4.92 Å². The lowest BCUT2D eigenvalue weighted by molar-refractivity contribution is -0.384. The molecular formula is C13H21N3O4. The van der Waals surface area contributed by atoms with Gasteiger partial charge in [-0.2, -0.15) is 0 Å². The zero-order chi connectivity index (χ0) is 15.1. The molecule has 1 aromatic carbocycles. The monoisotopic (exact) mass is 283 g/mol. The lowest BCUT2D eigenvalue weighted by atomic mass is 10.1. The molecule has 0 aliphatic carbocycles. The normalized spacial score (nSPS) is 12.0. The Bertz CT molecular complexity index is 453. The van der Waals surface area contributed by atoms with E-state index in [1.54, 1.807) is 6.07 Å². The zero-order valence-corrected chi connectivity index (χ0v) is 11.7. The number of hydrogen-bond acceptors (Lipinski definition) is 6. The lowest BCUT2D eigenvalue weighted by Crippen LogP contribution is -2.23.